The lowest BCUT2D eigenvalue weighted by Gasteiger charge is -2.34. The van der Waals surface area contributed by atoms with Crippen molar-refractivity contribution in [2.24, 2.45) is 0 Å². The summed E-state index contributed by atoms with van der Waals surface area (Å²) in [5.74, 6) is 1.15. The number of rotatable bonds is 7. The molecule has 31 heavy (non-hydrogen) atoms. The number of carbonyl (C=O) groups is 1. The molecule has 1 aliphatic heterocycles. The first kappa shape index (κ1) is 21.2. The van der Waals surface area contributed by atoms with Crippen molar-refractivity contribution in [3.8, 4) is 17.4 Å². The van der Waals surface area contributed by atoms with E-state index in [2.05, 4.69) is 20.0 Å². The Bertz CT molecular complexity index is 1010. The van der Waals surface area contributed by atoms with Crippen molar-refractivity contribution in [1.82, 2.24) is 29.5 Å². The fourth-order valence-corrected chi connectivity index (χ4v) is 3.81. The van der Waals surface area contributed by atoms with Crippen molar-refractivity contribution in [1.29, 1.82) is 0 Å². The van der Waals surface area contributed by atoms with Gasteiger partial charge in [-0.2, -0.15) is 5.10 Å². The Morgan fingerprint density at radius 1 is 1.23 bits per heavy atom. The molecule has 0 radical (unpaired) electrons. The van der Waals surface area contributed by atoms with Gasteiger partial charge in [0.2, 0.25) is 0 Å². The number of aromatic nitrogens is 4. The van der Waals surface area contributed by atoms with Gasteiger partial charge in [0.05, 0.1) is 30.3 Å². The van der Waals surface area contributed by atoms with Crippen LogP contribution >= 0.6 is 0 Å². The van der Waals surface area contributed by atoms with Crippen molar-refractivity contribution in [3.63, 3.8) is 0 Å². The highest BCUT2D eigenvalue weighted by molar-refractivity contribution is 5.95. The number of amides is 1. The molecule has 9 nitrogen and oxygen atoms in total. The lowest BCUT2D eigenvalue weighted by molar-refractivity contribution is 0.0593. The minimum atomic E-state index is 0.00327. The number of ether oxygens (including phenoxy) is 1. The van der Waals surface area contributed by atoms with Crippen molar-refractivity contribution < 1.29 is 13.9 Å². The van der Waals surface area contributed by atoms with Gasteiger partial charge in [0.15, 0.2) is 5.76 Å². The summed E-state index contributed by atoms with van der Waals surface area (Å²) < 4.78 is 12.3. The van der Waals surface area contributed by atoms with Crippen LogP contribution in [-0.4, -0.2) is 81.9 Å². The van der Waals surface area contributed by atoms with E-state index in [0.717, 1.165) is 25.3 Å². The molecule has 4 heterocycles. The standard InChI is InChI=1S/C22H28N6O3/c1-16(2)20-17(21(29)27-10-8-26(9-11-27)12-14-30-3)15-24-28(20)22-23-7-6-18(25-22)19-5-4-13-31-19/h4-7,13,15-16H,8-12,14H2,1-3H3. The van der Waals surface area contributed by atoms with E-state index in [4.69, 9.17) is 9.15 Å². The zero-order chi connectivity index (χ0) is 21.8. The van der Waals surface area contributed by atoms with Crippen molar-refractivity contribution >= 4 is 5.91 Å². The molecule has 1 saturated heterocycles. The second kappa shape index (κ2) is 9.40. The van der Waals surface area contributed by atoms with Crippen LogP contribution < -0.4 is 0 Å². The Balaban J connectivity index is 1.57. The largest absolute Gasteiger partial charge is 0.463 e. The summed E-state index contributed by atoms with van der Waals surface area (Å²) in [5, 5.41) is 4.49. The predicted molar refractivity (Wildman–Crippen MR) is 115 cm³/mol. The third-order valence-electron chi connectivity index (χ3n) is 5.46. The average molecular weight is 425 g/mol. The van der Waals surface area contributed by atoms with E-state index in [1.165, 1.54) is 0 Å². The number of methoxy groups -OCH3 is 1. The topological polar surface area (TPSA) is 89.5 Å². The summed E-state index contributed by atoms with van der Waals surface area (Å²) in [6, 6.07) is 5.45. The van der Waals surface area contributed by atoms with Gasteiger partial charge >= 0.3 is 0 Å². The molecule has 0 spiro atoms. The van der Waals surface area contributed by atoms with Crippen molar-refractivity contribution in [2.45, 2.75) is 19.8 Å². The third-order valence-corrected chi connectivity index (χ3v) is 5.46. The highest BCUT2D eigenvalue weighted by Crippen LogP contribution is 2.25. The lowest BCUT2D eigenvalue weighted by atomic mass is 10.0. The molecule has 3 aromatic rings. The van der Waals surface area contributed by atoms with E-state index >= 15 is 0 Å². The van der Waals surface area contributed by atoms with Crippen LogP contribution in [0, 0.1) is 0 Å². The molecule has 0 saturated carbocycles. The van der Waals surface area contributed by atoms with Gasteiger partial charge in [-0.15, -0.1) is 0 Å². The first-order valence-corrected chi connectivity index (χ1v) is 10.5. The van der Waals surface area contributed by atoms with E-state index in [1.807, 2.05) is 30.9 Å². The number of hydrogen-bond donors (Lipinski definition) is 0. The number of nitrogens with zero attached hydrogens (tertiary/aromatic N) is 6. The van der Waals surface area contributed by atoms with Gasteiger partial charge in [-0.05, 0) is 24.1 Å². The minimum absolute atomic E-state index is 0.00327. The summed E-state index contributed by atoms with van der Waals surface area (Å²) in [6.45, 7) is 8.74. The Morgan fingerprint density at radius 2 is 2.03 bits per heavy atom. The number of carbonyl (C=O) groups excluding carboxylic acids is 1. The molecule has 0 bridgehead atoms. The molecular weight excluding hydrogens is 396 g/mol. The first-order chi connectivity index (χ1) is 15.1. The fraction of sp³-hybridized carbons (Fsp3) is 0.455. The van der Waals surface area contributed by atoms with E-state index in [1.54, 1.807) is 36.5 Å². The average Bonchev–Trinajstić information content (AvgIpc) is 3.48. The maximum Gasteiger partial charge on any atom is 0.257 e. The molecule has 1 fully saturated rings. The highest BCUT2D eigenvalue weighted by atomic mass is 16.5. The molecule has 164 valence electrons. The third kappa shape index (κ3) is 4.52. The molecule has 4 rings (SSSR count). The predicted octanol–water partition coefficient (Wildman–Crippen LogP) is 2.45. The SMILES string of the molecule is COCCN1CCN(C(=O)c2cnn(-c3nccc(-c4ccco4)n3)c2C(C)C)CC1. The first-order valence-electron chi connectivity index (χ1n) is 10.5. The monoisotopic (exact) mass is 424 g/mol. The second-order valence-corrected chi connectivity index (χ2v) is 7.86. The molecule has 1 amide bonds. The van der Waals surface area contributed by atoms with Crippen LogP contribution in [0.4, 0.5) is 0 Å². The van der Waals surface area contributed by atoms with Gasteiger partial charge < -0.3 is 14.1 Å². The van der Waals surface area contributed by atoms with Gasteiger partial charge in [0, 0.05) is 46.0 Å². The number of piperazine rings is 1. The molecule has 0 aromatic carbocycles. The molecular formula is C22H28N6O3. The van der Waals surface area contributed by atoms with Gasteiger partial charge in [-0.1, -0.05) is 13.8 Å². The van der Waals surface area contributed by atoms with Crippen LogP contribution in [0.5, 0.6) is 0 Å². The van der Waals surface area contributed by atoms with Crippen LogP contribution in [-0.2, 0) is 4.74 Å². The van der Waals surface area contributed by atoms with E-state index < -0.39 is 0 Å². The Kier molecular flexibility index (Phi) is 6.43. The van der Waals surface area contributed by atoms with E-state index in [9.17, 15) is 4.79 Å². The Hall–Kier alpha value is -3.04. The number of furan rings is 1. The van der Waals surface area contributed by atoms with Crippen molar-refractivity contribution in [3.05, 3.63) is 48.1 Å². The maximum absolute atomic E-state index is 13.3. The zero-order valence-electron chi connectivity index (χ0n) is 18.2. The smallest absolute Gasteiger partial charge is 0.257 e. The number of hydrogen-bond acceptors (Lipinski definition) is 7. The molecule has 9 heteroatoms. The zero-order valence-corrected chi connectivity index (χ0v) is 18.2. The summed E-state index contributed by atoms with van der Waals surface area (Å²) in [7, 11) is 1.71. The van der Waals surface area contributed by atoms with Gasteiger partial charge in [0.1, 0.15) is 5.69 Å². The fourth-order valence-electron chi connectivity index (χ4n) is 3.81. The molecule has 0 unspecified atom stereocenters. The molecule has 3 aromatic heterocycles. The van der Waals surface area contributed by atoms with Gasteiger partial charge in [-0.25, -0.2) is 14.6 Å². The van der Waals surface area contributed by atoms with Crippen LogP contribution in [0.1, 0.15) is 35.8 Å². The molecule has 1 aliphatic rings. The minimum Gasteiger partial charge on any atom is -0.463 e. The molecule has 0 atom stereocenters. The summed E-state index contributed by atoms with van der Waals surface area (Å²) >= 11 is 0. The molecule has 0 N–H and O–H groups in total. The van der Waals surface area contributed by atoms with E-state index in [-0.39, 0.29) is 11.8 Å². The second-order valence-electron chi connectivity index (χ2n) is 7.86. The Morgan fingerprint density at radius 3 is 2.71 bits per heavy atom. The van der Waals surface area contributed by atoms with Crippen LogP contribution in [0.25, 0.3) is 17.4 Å². The van der Waals surface area contributed by atoms with Gasteiger partial charge in [-0.3, -0.25) is 9.69 Å². The Labute approximate surface area is 181 Å². The van der Waals surface area contributed by atoms with Gasteiger partial charge in [0.25, 0.3) is 11.9 Å². The molecule has 0 aliphatic carbocycles. The van der Waals surface area contributed by atoms with Crippen LogP contribution in [0.2, 0.25) is 0 Å². The van der Waals surface area contributed by atoms with Crippen LogP contribution in [0.3, 0.4) is 0 Å². The summed E-state index contributed by atoms with van der Waals surface area (Å²) in [6.07, 6.45) is 4.92. The van der Waals surface area contributed by atoms with Crippen molar-refractivity contribution in [2.75, 3.05) is 46.4 Å². The van der Waals surface area contributed by atoms with Crippen LogP contribution in [0.15, 0.2) is 41.3 Å². The van der Waals surface area contributed by atoms with E-state index in [0.29, 0.717) is 42.7 Å². The summed E-state index contributed by atoms with van der Waals surface area (Å²) in [4.78, 5) is 26.5. The summed E-state index contributed by atoms with van der Waals surface area (Å²) in [5.41, 5.74) is 2.08. The lowest BCUT2D eigenvalue weighted by Crippen LogP contribution is -2.49. The maximum atomic E-state index is 13.3. The highest BCUT2D eigenvalue weighted by Gasteiger charge is 2.28. The normalized spacial score (nSPS) is 15.0. The quantitative estimate of drug-likeness (QED) is 0.575.